The third-order valence-electron chi connectivity index (χ3n) is 5.01. The highest BCUT2D eigenvalue weighted by Gasteiger charge is 2.26. The van der Waals surface area contributed by atoms with Crippen molar-refractivity contribution < 1.29 is 4.74 Å². The molecule has 1 aromatic carbocycles. The van der Waals surface area contributed by atoms with Gasteiger partial charge in [-0.2, -0.15) is 4.98 Å². The number of aryl methyl sites for hydroxylation is 2. The molecule has 0 saturated carbocycles. The Hall–Kier alpha value is -3.26. The van der Waals surface area contributed by atoms with Crippen molar-refractivity contribution in [1.82, 2.24) is 24.1 Å². The van der Waals surface area contributed by atoms with Gasteiger partial charge in [0.1, 0.15) is 5.52 Å². The zero-order chi connectivity index (χ0) is 18.5. The van der Waals surface area contributed by atoms with Crippen LogP contribution in [0.2, 0.25) is 0 Å². The van der Waals surface area contributed by atoms with Gasteiger partial charge in [0, 0.05) is 24.3 Å². The van der Waals surface area contributed by atoms with Gasteiger partial charge in [0.2, 0.25) is 5.95 Å². The first-order chi connectivity index (χ1) is 13.1. The molecule has 0 atom stereocenters. The zero-order valence-corrected chi connectivity index (χ0v) is 15.0. The molecule has 1 N–H and O–H groups in total. The Morgan fingerprint density at radius 2 is 2.11 bits per heavy atom. The van der Waals surface area contributed by atoms with E-state index in [-0.39, 0.29) is 11.7 Å². The smallest absolute Gasteiger partial charge is 0.330 e. The second-order valence-corrected chi connectivity index (χ2v) is 6.79. The predicted molar refractivity (Wildman–Crippen MR) is 102 cm³/mol. The number of hydrogen-bond donors (Lipinski definition) is 1. The van der Waals surface area contributed by atoms with Gasteiger partial charge < -0.3 is 10.1 Å². The molecule has 1 aliphatic rings. The van der Waals surface area contributed by atoms with Crippen LogP contribution in [0.15, 0.2) is 41.5 Å². The Morgan fingerprint density at radius 1 is 1.26 bits per heavy atom. The topological polar surface area (TPSA) is 86.9 Å². The van der Waals surface area contributed by atoms with E-state index in [0.717, 1.165) is 22.2 Å². The second-order valence-electron chi connectivity index (χ2n) is 6.79. The van der Waals surface area contributed by atoms with Crippen LogP contribution in [0.1, 0.15) is 11.6 Å². The monoisotopic (exact) mass is 362 g/mol. The number of benzene rings is 1. The van der Waals surface area contributed by atoms with Crippen molar-refractivity contribution in [2.45, 2.75) is 13.0 Å². The first kappa shape index (κ1) is 16.0. The van der Waals surface area contributed by atoms with E-state index in [1.54, 1.807) is 28.6 Å². The van der Waals surface area contributed by atoms with Crippen LogP contribution >= 0.6 is 0 Å². The van der Waals surface area contributed by atoms with Crippen molar-refractivity contribution in [1.29, 1.82) is 0 Å². The summed E-state index contributed by atoms with van der Waals surface area (Å²) in [6.07, 6.45) is 3.46. The maximum atomic E-state index is 12.6. The van der Waals surface area contributed by atoms with Crippen molar-refractivity contribution >= 4 is 33.7 Å². The summed E-state index contributed by atoms with van der Waals surface area (Å²) in [5.41, 5.74) is 4.12. The lowest BCUT2D eigenvalue weighted by molar-refractivity contribution is -0.0233. The molecule has 0 unspecified atom stereocenters. The SMILES string of the molecule is Cc1cc2ncccc2cc1Nc1ncc2c(n1)n(C1COC1)c(=O)n2C. The van der Waals surface area contributed by atoms with Gasteiger partial charge in [-0.15, -0.1) is 0 Å². The molecule has 8 nitrogen and oxygen atoms in total. The van der Waals surface area contributed by atoms with Crippen LogP contribution in [0.3, 0.4) is 0 Å². The van der Waals surface area contributed by atoms with Gasteiger partial charge in [-0.3, -0.25) is 14.1 Å². The van der Waals surface area contributed by atoms with Crippen LogP contribution in [-0.2, 0) is 11.8 Å². The van der Waals surface area contributed by atoms with Gasteiger partial charge >= 0.3 is 5.69 Å². The molecule has 8 heteroatoms. The predicted octanol–water partition coefficient (Wildman–Crippen LogP) is 2.30. The highest BCUT2D eigenvalue weighted by molar-refractivity contribution is 5.85. The third-order valence-corrected chi connectivity index (χ3v) is 5.01. The molecule has 0 spiro atoms. The first-order valence-electron chi connectivity index (χ1n) is 8.76. The summed E-state index contributed by atoms with van der Waals surface area (Å²) < 4.78 is 8.52. The quantitative estimate of drug-likeness (QED) is 0.602. The van der Waals surface area contributed by atoms with Crippen LogP contribution in [0, 0.1) is 6.92 Å². The number of pyridine rings is 1. The molecule has 1 aliphatic heterocycles. The van der Waals surface area contributed by atoms with Gasteiger partial charge in [-0.05, 0) is 30.7 Å². The Morgan fingerprint density at radius 3 is 2.89 bits per heavy atom. The van der Waals surface area contributed by atoms with Crippen molar-refractivity contribution in [3.63, 3.8) is 0 Å². The molecule has 4 heterocycles. The van der Waals surface area contributed by atoms with Gasteiger partial charge in [0.15, 0.2) is 5.65 Å². The fourth-order valence-electron chi connectivity index (χ4n) is 3.38. The Labute approximate surface area is 154 Å². The average molecular weight is 362 g/mol. The van der Waals surface area contributed by atoms with Crippen molar-refractivity contribution in [3.05, 3.63) is 52.7 Å². The summed E-state index contributed by atoms with van der Waals surface area (Å²) in [4.78, 5) is 26.0. The molecule has 5 rings (SSSR count). The maximum absolute atomic E-state index is 12.6. The van der Waals surface area contributed by atoms with Crippen LogP contribution < -0.4 is 11.0 Å². The second kappa shape index (κ2) is 5.88. The van der Waals surface area contributed by atoms with Crippen LogP contribution in [0.4, 0.5) is 11.6 Å². The van der Waals surface area contributed by atoms with Gasteiger partial charge in [0.05, 0.1) is 31.0 Å². The van der Waals surface area contributed by atoms with Crippen LogP contribution in [-0.4, -0.2) is 37.3 Å². The van der Waals surface area contributed by atoms with Gasteiger partial charge in [-0.25, -0.2) is 9.78 Å². The Bertz CT molecular complexity index is 1240. The van der Waals surface area contributed by atoms with Crippen LogP contribution in [0.5, 0.6) is 0 Å². The van der Waals surface area contributed by atoms with E-state index in [0.29, 0.717) is 30.3 Å². The molecule has 0 radical (unpaired) electrons. The average Bonchev–Trinajstić information content (AvgIpc) is 2.86. The van der Waals surface area contributed by atoms with Crippen molar-refractivity contribution in [3.8, 4) is 0 Å². The molecule has 3 aromatic heterocycles. The first-order valence-corrected chi connectivity index (χ1v) is 8.76. The van der Waals surface area contributed by atoms with Crippen molar-refractivity contribution in [2.75, 3.05) is 18.5 Å². The van der Waals surface area contributed by atoms with E-state index >= 15 is 0 Å². The van der Waals surface area contributed by atoms with Gasteiger partial charge in [-0.1, -0.05) is 6.07 Å². The normalized spacial score (nSPS) is 14.6. The van der Waals surface area contributed by atoms with E-state index < -0.39 is 0 Å². The summed E-state index contributed by atoms with van der Waals surface area (Å²) in [6, 6.07) is 8.01. The summed E-state index contributed by atoms with van der Waals surface area (Å²) >= 11 is 0. The van der Waals surface area contributed by atoms with E-state index in [4.69, 9.17) is 4.74 Å². The molecular weight excluding hydrogens is 344 g/mol. The minimum atomic E-state index is -0.0993. The molecular formula is C19H18N6O2. The number of ether oxygens (including phenoxy) is 1. The molecule has 136 valence electrons. The van der Waals surface area contributed by atoms with E-state index in [2.05, 4.69) is 20.3 Å². The minimum Gasteiger partial charge on any atom is -0.377 e. The number of rotatable bonds is 3. The fraction of sp³-hybridized carbons (Fsp3) is 0.263. The number of nitrogens with one attached hydrogen (secondary N) is 1. The summed E-state index contributed by atoms with van der Waals surface area (Å²) in [6.45, 7) is 3.07. The number of aromatic nitrogens is 5. The maximum Gasteiger partial charge on any atom is 0.330 e. The largest absolute Gasteiger partial charge is 0.377 e. The molecule has 0 amide bonds. The van der Waals surface area contributed by atoms with E-state index in [1.807, 2.05) is 31.2 Å². The fourth-order valence-corrected chi connectivity index (χ4v) is 3.38. The summed E-state index contributed by atoms with van der Waals surface area (Å²) in [5.74, 6) is 0.452. The number of imidazole rings is 1. The number of fused-ring (bicyclic) bond motifs is 2. The van der Waals surface area contributed by atoms with E-state index in [1.165, 1.54) is 0 Å². The molecule has 1 fully saturated rings. The van der Waals surface area contributed by atoms with Gasteiger partial charge in [0.25, 0.3) is 0 Å². The highest BCUT2D eigenvalue weighted by Crippen LogP contribution is 2.26. The van der Waals surface area contributed by atoms with E-state index in [9.17, 15) is 4.79 Å². The number of anilines is 2. The molecule has 0 bridgehead atoms. The Balaban J connectivity index is 1.60. The van der Waals surface area contributed by atoms with Crippen LogP contribution in [0.25, 0.3) is 22.1 Å². The zero-order valence-electron chi connectivity index (χ0n) is 15.0. The standard InChI is InChI=1S/C19H18N6O2/c1-11-6-15-12(4-3-5-20-15)7-14(11)22-18-21-8-16-17(23-18)25(13-9-27-10-13)19(26)24(16)2/h3-8,13H,9-10H2,1-2H3,(H,21,22,23). The highest BCUT2D eigenvalue weighted by atomic mass is 16.5. The number of hydrogen-bond acceptors (Lipinski definition) is 6. The summed E-state index contributed by atoms with van der Waals surface area (Å²) in [5, 5.41) is 4.32. The molecule has 0 aliphatic carbocycles. The lowest BCUT2D eigenvalue weighted by atomic mass is 10.1. The van der Waals surface area contributed by atoms with Crippen molar-refractivity contribution in [2.24, 2.45) is 7.05 Å². The molecule has 4 aromatic rings. The molecule has 27 heavy (non-hydrogen) atoms. The third kappa shape index (κ3) is 2.48. The molecule has 1 saturated heterocycles. The number of nitrogens with zero attached hydrogens (tertiary/aromatic N) is 5. The lowest BCUT2D eigenvalue weighted by Gasteiger charge is -2.26. The lowest BCUT2D eigenvalue weighted by Crippen LogP contribution is -2.37. The summed E-state index contributed by atoms with van der Waals surface area (Å²) in [7, 11) is 1.73. The minimum absolute atomic E-state index is 0.0254. The Kier molecular flexibility index (Phi) is 3.48.